The number of carbonyl (C=O) groups excluding carboxylic acids is 1. The van der Waals surface area contributed by atoms with E-state index in [-0.39, 0.29) is 5.78 Å². The minimum absolute atomic E-state index is 0.118. The van der Waals surface area contributed by atoms with Gasteiger partial charge in [-0.3, -0.25) is 4.79 Å². The summed E-state index contributed by atoms with van der Waals surface area (Å²) in [5.74, 6) is 1.10. The number of para-hydroxylation sites is 1. The number of hydrogen-bond donors (Lipinski definition) is 1. The molecule has 1 saturated heterocycles. The van der Waals surface area contributed by atoms with E-state index in [4.69, 9.17) is 4.42 Å². The fourth-order valence-electron chi connectivity index (χ4n) is 2.20. The molecule has 1 fully saturated rings. The third kappa shape index (κ3) is 1.87. The molecular weight excluding hydrogens is 214 g/mol. The lowest BCUT2D eigenvalue weighted by Crippen LogP contribution is -2.42. The van der Waals surface area contributed by atoms with E-state index in [0.717, 1.165) is 29.6 Å². The maximum Gasteiger partial charge on any atom is 0.198 e. The van der Waals surface area contributed by atoms with Gasteiger partial charge in [-0.05, 0) is 37.6 Å². The molecule has 0 aliphatic carbocycles. The number of ketones is 1. The van der Waals surface area contributed by atoms with Crippen LogP contribution in [-0.4, -0.2) is 18.9 Å². The molecule has 2 aromatic rings. The molecule has 0 radical (unpaired) electrons. The molecule has 0 bridgehead atoms. The van der Waals surface area contributed by atoms with Gasteiger partial charge in [-0.15, -0.1) is 0 Å². The van der Waals surface area contributed by atoms with Gasteiger partial charge in [0.1, 0.15) is 5.58 Å². The molecular formula is C14H15NO2. The second-order valence-electron chi connectivity index (χ2n) is 4.76. The number of nitrogens with one attached hydrogen (secondary N) is 1. The van der Waals surface area contributed by atoms with Crippen LogP contribution in [0.5, 0.6) is 0 Å². The molecule has 2 heterocycles. The van der Waals surface area contributed by atoms with Gasteiger partial charge in [0.15, 0.2) is 11.5 Å². The zero-order valence-electron chi connectivity index (χ0n) is 9.82. The number of carbonyl (C=O) groups is 1. The van der Waals surface area contributed by atoms with E-state index in [0.29, 0.717) is 18.1 Å². The molecule has 1 aliphatic heterocycles. The van der Waals surface area contributed by atoms with Gasteiger partial charge in [0.25, 0.3) is 0 Å². The second kappa shape index (κ2) is 4.00. The van der Waals surface area contributed by atoms with E-state index in [1.165, 1.54) is 0 Å². The summed E-state index contributed by atoms with van der Waals surface area (Å²) in [6.07, 6.45) is 0.589. The molecule has 0 amide bonds. The van der Waals surface area contributed by atoms with Gasteiger partial charge in [-0.25, -0.2) is 0 Å². The zero-order chi connectivity index (χ0) is 11.8. The van der Waals surface area contributed by atoms with Crippen molar-refractivity contribution in [2.75, 3.05) is 13.1 Å². The molecule has 0 spiro atoms. The van der Waals surface area contributed by atoms with Gasteiger partial charge in [0.05, 0.1) is 0 Å². The fourth-order valence-corrected chi connectivity index (χ4v) is 2.20. The molecule has 1 aliphatic rings. The van der Waals surface area contributed by atoms with Crippen LogP contribution in [0, 0.1) is 12.8 Å². The highest BCUT2D eigenvalue weighted by molar-refractivity contribution is 5.98. The normalized spacial score (nSPS) is 16.1. The van der Waals surface area contributed by atoms with Gasteiger partial charge < -0.3 is 9.73 Å². The number of hydrogen-bond acceptors (Lipinski definition) is 3. The SMILES string of the molecule is Cc1cccc2cc(C(=O)CC3CNC3)oc12. The topological polar surface area (TPSA) is 42.2 Å². The predicted molar refractivity (Wildman–Crippen MR) is 66.3 cm³/mol. The fraction of sp³-hybridized carbons (Fsp3) is 0.357. The van der Waals surface area contributed by atoms with E-state index in [2.05, 4.69) is 5.32 Å². The summed E-state index contributed by atoms with van der Waals surface area (Å²) in [5, 5.41) is 4.18. The van der Waals surface area contributed by atoms with Gasteiger partial charge in [-0.2, -0.15) is 0 Å². The second-order valence-corrected chi connectivity index (χ2v) is 4.76. The van der Waals surface area contributed by atoms with Crippen LogP contribution in [0.15, 0.2) is 28.7 Å². The van der Waals surface area contributed by atoms with Crippen LogP contribution in [-0.2, 0) is 0 Å². The largest absolute Gasteiger partial charge is 0.453 e. The maximum absolute atomic E-state index is 12.0. The number of furan rings is 1. The first-order chi connectivity index (χ1) is 8.24. The van der Waals surface area contributed by atoms with Crippen molar-refractivity contribution in [1.82, 2.24) is 5.32 Å². The molecule has 88 valence electrons. The van der Waals surface area contributed by atoms with Crippen molar-refractivity contribution >= 4 is 16.8 Å². The van der Waals surface area contributed by atoms with Crippen LogP contribution in [0.25, 0.3) is 11.0 Å². The summed E-state index contributed by atoms with van der Waals surface area (Å²) in [5.41, 5.74) is 1.91. The third-order valence-electron chi connectivity index (χ3n) is 3.36. The van der Waals surface area contributed by atoms with Crippen LogP contribution in [0.4, 0.5) is 0 Å². The molecule has 3 rings (SSSR count). The van der Waals surface area contributed by atoms with E-state index in [9.17, 15) is 4.79 Å². The highest BCUT2D eigenvalue weighted by atomic mass is 16.3. The molecule has 1 N–H and O–H groups in total. The average molecular weight is 229 g/mol. The van der Waals surface area contributed by atoms with Crippen LogP contribution < -0.4 is 5.32 Å². The molecule has 1 aromatic heterocycles. The highest BCUT2D eigenvalue weighted by Crippen LogP contribution is 2.24. The van der Waals surface area contributed by atoms with Crippen molar-refractivity contribution in [2.45, 2.75) is 13.3 Å². The Kier molecular flexibility index (Phi) is 2.48. The molecule has 0 atom stereocenters. The first kappa shape index (κ1) is 10.5. The summed E-state index contributed by atoms with van der Waals surface area (Å²) >= 11 is 0. The number of rotatable bonds is 3. The number of Topliss-reactive ketones (excluding diaryl/α,β-unsaturated/α-hetero) is 1. The van der Waals surface area contributed by atoms with Crippen molar-refractivity contribution in [3.8, 4) is 0 Å². The Morgan fingerprint density at radius 3 is 2.94 bits per heavy atom. The van der Waals surface area contributed by atoms with Crippen molar-refractivity contribution in [1.29, 1.82) is 0 Å². The first-order valence-corrected chi connectivity index (χ1v) is 5.97. The Hall–Kier alpha value is -1.61. The van der Waals surface area contributed by atoms with Crippen LogP contribution in [0.1, 0.15) is 22.5 Å². The summed E-state index contributed by atoms with van der Waals surface area (Å²) in [7, 11) is 0. The Labute approximate surface area is 99.8 Å². The van der Waals surface area contributed by atoms with Crippen molar-refractivity contribution in [3.63, 3.8) is 0 Å². The van der Waals surface area contributed by atoms with Crippen LogP contribution in [0.2, 0.25) is 0 Å². The molecule has 3 heteroatoms. The summed E-state index contributed by atoms with van der Waals surface area (Å²) < 4.78 is 5.66. The van der Waals surface area contributed by atoms with Crippen molar-refractivity contribution in [2.24, 2.45) is 5.92 Å². The van der Waals surface area contributed by atoms with E-state index in [1.807, 2.05) is 31.2 Å². The Bertz CT molecular complexity index is 567. The minimum Gasteiger partial charge on any atom is -0.453 e. The van der Waals surface area contributed by atoms with E-state index in [1.54, 1.807) is 0 Å². The summed E-state index contributed by atoms with van der Waals surface area (Å²) in [6.45, 7) is 3.89. The summed E-state index contributed by atoms with van der Waals surface area (Å²) in [4.78, 5) is 12.0. The molecule has 0 unspecified atom stereocenters. The molecule has 17 heavy (non-hydrogen) atoms. The third-order valence-corrected chi connectivity index (χ3v) is 3.36. The lowest BCUT2D eigenvalue weighted by Gasteiger charge is -2.25. The lowest BCUT2D eigenvalue weighted by molar-refractivity contribution is 0.0920. The maximum atomic E-state index is 12.0. The number of aryl methyl sites for hydroxylation is 1. The monoisotopic (exact) mass is 229 g/mol. The van der Waals surface area contributed by atoms with Gasteiger partial charge in [0, 0.05) is 11.8 Å². The van der Waals surface area contributed by atoms with Crippen molar-refractivity contribution < 1.29 is 9.21 Å². The van der Waals surface area contributed by atoms with Gasteiger partial charge in [-0.1, -0.05) is 18.2 Å². The Morgan fingerprint density at radius 2 is 2.29 bits per heavy atom. The minimum atomic E-state index is 0.118. The zero-order valence-corrected chi connectivity index (χ0v) is 9.82. The predicted octanol–water partition coefficient (Wildman–Crippen LogP) is 2.53. The lowest BCUT2D eigenvalue weighted by atomic mass is 9.96. The van der Waals surface area contributed by atoms with Crippen LogP contribution in [0.3, 0.4) is 0 Å². The van der Waals surface area contributed by atoms with E-state index >= 15 is 0 Å². The van der Waals surface area contributed by atoms with Crippen LogP contribution >= 0.6 is 0 Å². The van der Waals surface area contributed by atoms with Gasteiger partial charge in [0.2, 0.25) is 0 Å². The Morgan fingerprint density at radius 1 is 1.47 bits per heavy atom. The average Bonchev–Trinajstić information content (AvgIpc) is 2.68. The van der Waals surface area contributed by atoms with Crippen molar-refractivity contribution in [3.05, 3.63) is 35.6 Å². The quantitative estimate of drug-likeness (QED) is 0.822. The summed E-state index contributed by atoms with van der Waals surface area (Å²) in [6, 6.07) is 7.82. The Balaban J connectivity index is 1.89. The number of fused-ring (bicyclic) bond motifs is 1. The van der Waals surface area contributed by atoms with Gasteiger partial charge >= 0.3 is 0 Å². The smallest absolute Gasteiger partial charge is 0.198 e. The van der Waals surface area contributed by atoms with E-state index < -0.39 is 0 Å². The highest BCUT2D eigenvalue weighted by Gasteiger charge is 2.22. The molecule has 3 nitrogen and oxygen atoms in total. The number of benzene rings is 1. The molecule has 1 aromatic carbocycles. The first-order valence-electron chi connectivity index (χ1n) is 5.97. The molecule has 0 saturated carbocycles. The standard InChI is InChI=1S/C14H15NO2/c1-9-3-2-4-11-6-13(17-14(9)11)12(16)5-10-7-15-8-10/h2-4,6,10,15H,5,7-8H2,1H3.